The number of fused-ring (bicyclic) bond motifs is 8. The molecule has 2 unspecified atom stereocenters. The summed E-state index contributed by atoms with van der Waals surface area (Å²) in [5, 5.41) is 0. The van der Waals surface area contributed by atoms with Crippen LogP contribution in [0.15, 0.2) is 11.7 Å². The second-order valence-electron chi connectivity index (χ2n) is 6.95. The number of hydrogen-bond acceptors (Lipinski definition) is 1. The monoisotopic (exact) mass is 310 g/mol. The smallest absolute Gasteiger partial charge is 0.245 e. The molecule has 1 saturated heterocycles. The van der Waals surface area contributed by atoms with Crippen LogP contribution < -0.4 is 0 Å². The average Bonchev–Trinajstić information content (AvgIpc) is 3.19. The fraction of sp³-hybridized carbons (Fsp3) is 0.857. The molecule has 0 aromatic carbocycles. The minimum atomic E-state index is -3.79. The predicted molar refractivity (Wildman–Crippen MR) is 58.7 cm³/mol. The molecule has 7 heteroatoms. The maximum absolute atomic E-state index is 14.9. The van der Waals surface area contributed by atoms with Gasteiger partial charge < -0.3 is 4.74 Å². The van der Waals surface area contributed by atoms with E-state index >= 15 is 0 Å². The summed E-state index contributed by atoms with van der Waals surface area (Å²) in [6.07, 6.45) is 0.935. The van der Waals surface area contributed by atoms with Gasteiger partial charge in [-0.1, -0.05) is 0 Å². The normalized spacial score (nSPS) is 67.1. The topological polar surface area (TPSA) is 12.5 Å². The van der Waals surface area contributed by atoms with Crippen molar-refractivity contribution in [1.29, 1.82) is 0 Å². The second-order valence-corrected chi connectivity index (χ2v) is 6.95. The average molecular weight is 310 g/mol. The van der Waals surface area contributed by atoms with Crippen LogP contribution in [0.25, 0.3) is 0 Å². The van der Waals surface area contributed by atoms with Crippen LogP contribution >= 0.6 is 0 Å². The van der Waals surface area contributed by atoms with E-state index < -0.39 is 46.2 Å². The Labute approximate surface area is 116 Å². The largest absolute Gasteiger partial charge is 0.370 e. The van der Waals surface area contributed by atoms with Gasteiger partial charge in [0, 0.05) is 11.8 Å². The summed E-state index contributed by atoms with van der Waals surface area (Å²) in [7, 11) is 0. The second kappa shape index (κ2) is 3.01. The number of halogens is 6. The maximum Gasteiger partial charge on any atom is 0.245 e. The van der Waals surface area contributed by atoms with Crippen molar-refractivity contribution in [2.24, 2.45) is 11.8 Å². The zero-order chi connectivity index (χ0) is 15.0. The molecule has 5 aliphatic rings. The van der Waals surface area contributed by atoms with Crippen molar-refractivity contribution >= 4 is 0 Å². The molecule has 5 rings (SSSR count). The minimum Gasteiger partial charge on any atom is -0.370 e. The first-order valence-corrected chi connectivity index (χ1v) is 7.23. The number of rotatable bonds is 0. The molecular formula is C14H12F6O. The van der Waals surface area contributed by atoms with Gasteiger partial charge in [-0.05, 0) is 25.7 Å². The van der Waals surface area contributed by atoms with E-state index in [4.69, 9.17) is 4.74 Å². The molecule has 0 aromatic rings. The van der Waals surface area contributed by atoms with Gasteiger partial charge >= 0.3 is 0 Å². The van der Waals surface area contributed by atoms with E-state index in [-0.39, 0.29) is 25.0 Å². The Morgan fingerprint density at radius 3 is 1.48 bits per heavy atom. The number of allylic oxidation sites excluding steroid dienone is 2. The Morgan fingerprint density at radius 2 is 1.10 bits per heavy atom. The number of hydrogen-bond donors (Lipinski definition) is 0. The van der Waals surface area contributed by atoms with Crippen LogP contribution in [0, 0.1) is 11.8 Å². The minimum absolute atomic E-state index is 0.0477. The van der Waals surface area contributed by atoms with E-state index in [1.54, 1.807) is 0 Å². The lowest BCUT2D eigenvalue weighted by atomic mass is 9.26. The lowest BCUT2D eigenvalue weighted by Crippen LogP contribution is -3.02. The van der Waals surface area contributed by atoms with E-state index in [1.165, 1.54) is 0 Å². The molecule has 1 heterocycles. The first-order chi connectivity index (χ1) is 9.76. The maximum atomic E-state index is 14.9. The first-order valence-electron chi connectivity index (χ1n) is 7.23. The Balaban J connectivity index is 1.61. The Kier molecular flexibility index (Phi) is 1.83. The Morgan fingerprint density at radius 1 is 0.714 bits per heavy atom. The highest BCUT2D eigenvalue weighted by molar-refractivity contribution is 5.65. The molecule has 4 fully saturated rings. The van der Waals surface area contributed by atoms with Gasteiger partial charge in [-0.2, -0.15) is 0 Å². The molecule has 116 valence electrons. The quantitative estimate of drug-likeness (QED) is 0.492. The molecule has 8 atom stereocenters. The number of epoxide rings is 1. The van der Waals surface area contributed by atoms with Crippen molar-refractivity contribution < 1.29 is 31.1 Å². The third-order valence-electron chi connectivity index (χ3n) is 6.52. The van der Waals surface area contributed by atoms with E-state index in [0.29, 0.717) is 12.8 Å². The van der Waals surface area contributed by atoms with Gasteiger partial charge in [-0.25, -0.2) is 26.3 Å². The van der Waals surface area contributed by atoms with Crippen molar-refractivity contribution in [1.82, 2.24) is 0 Å². The van der Waals surface area contributed by atoms with Crippen LogP contribution in [0.3, 0.4) is 0 Å². The molecule has 1 aliphatic heterocycles. The van der Waals surface area contributed by atoms with E-state index in [1.807, 2.05) is 0 Å². The summed E-state index contributed by atoms with van der Waals surface area (Å²) < 4.78 is 90.9. The summed E-state index contributed by atoms with van der Waals surface area (Å²) in [4.78, 5) is 0. The molecule has 0 aromatic heterocycles. The summed E-state index contributed by atoms with van der Waals surface area (Å²) in [5.41, 5.74) is -14.2. The van der Waals surface area contributed by atoms with Crippen molar-refractivity contribution in [3.8, 4) is 0 Å². The summed E-state index contributed by atoms with van der Waals surface area (Å²) in [6.45, 7) is 0. The van der Waals surface area contributed by atoms with E-state index in [2.05, 4.69) is 0 Å². The number of ether oxygens (including phenoxy) is 1. The summed E-state index contributed by atoms with van der Waals surface area (Å²) in [6, 6.07) is 0. The van der Waals surface area contributed by atoms with Crippen LogP contribution in [-0.4, -0.2) is 34.9 Å². The van der Waals surface area contributed by atoms with Crippen molar-refractivity contribution in [3.63, 3.8) is 0 Å². The van der Waals surface area contributed by atoms with Gasteiger partial charge in [-0.15, -0.1) is 0 Å². The molecule has 4 aliphatic carbocycles. The molecular weight excluding hydrogens is 298 g/mol. The highest BCUT2D eigenvalue weighted by atomic mass is 19.2. The molecule has 1 nitrogen and oxygen atoms in total. The lowest BCUT2D eigenvalue weighted by Gasteiger charge is -2.80. The summed E-state index contributed by atoms with van der Waals surface area (Å²) >= 11 is 0. The lowest BCUT2D eigenvalue weighted by molar-refractivity contribution is -0.447. The Hall–Kier alpha value is -0.720. The molecule has 0 radical (unpaired) electrons. The number of alkyl halides is 4. The van der Waals surface area contributed by atoms with Gasteiger partial charge in [0.2, 0.25) is 11.3 Å². The van der Waals surface area contributed by atoms with Gasteiger partial charge in [0.15, 0.2) is 23.0 Å². The highest BCUT2D eigenvalue weighted by Gasteiger charge is 3.09. The standard InChI is InChI=1S/C14H12F6O/c15-9-10(16)14(20)12(18)6-2-4-8-7(21-8)3-1-5(6)11(12,17)13(9,14)19/h5-8H,1-4H2/t5-,6-,7?,8?,11-,12+,13+,14-/m0/s1. The predicted octanol–water partition coefficient (Wildman–Crippen LogP) is 3.58. The first kappa shape index (κ1) is 12.8. The third-order valence-corrected chi connectivity index (χ3v) is 6.52. The molecule has 21 heavy (non-hydrogen) atoms. The van der Waals surface area contributed by atoms with E-state index in [0.717, 1.165) is 0 Å². The van der Waals surface area contributed by atoms with Crippen molar-refractivity contribution in [2.45, 2.75) is 60.6 Å². The van der Waals surface area contributed by atoms with Crippen LogP contribution in [-0.2, 0) is 4.74 Å². The highest BCUT2D eigenvalue weighted by Crippen LogP contribution is 2.88. The third kappa shape index (κ3) is 0.830. The molecule has 0 spiro atoms. The van der Waals surface area contributed by atoms with Gasteiger partial charge in [0.25, 0.3) is 0 Å². The van der Waals surface area contributed by atoms with Crippen LogP contribution in [0.2, 0.25) is 0 Å². The molecule has 0 N–H and O–H groups in total. The van der Waals surface area contributed by atoms with E-state index in [9.17, 15) is 26.3 Å². The van der Waals surface area contributed by atoms with Crippen molar-refractivity contribution in [3.05, 3.63) is 11.7 Å². The van der Waals surface area contributed by atoms with Crippen molar-refractivity contribution in [2.75, 3.05) is 0 Å². The molecule has 0 bridgehead atoms. The fourth-order valence-electron chi connectivity index (χ4n) is 5.49. The van der Waals surface area contributed by atoms with Gasteiger partial charge in [0.1, 0.15) is 0 Å². The summed E-state index contributed by atoms with van der Waals surface area (Å²) in [5.74, 6) is -6.47. The SMILES string of the molecule is FC1=C(F)[C@]2(F)[C@@]1(F)[C@@]1(F)[C@H]3CCC4OC4CC[C@@H]3[C@@]21F. The fourth-order valence-corrected chi connectivity index (χ4v) is 5.49. The zero-order valence-corrected chi connectivity index (χ0v) is 10.8. The van der Waals surface area contributed by atoms with Gasteiger partial charge in [-0.3, -0.25) is 0 Å². The van der Waals surface area contributed by atoms with Gasteiger partial charge in [0.05, 0.1) is 12.2 Å². The molecule has 0 amide bonds. The Bertz CT molecular complexity index is 558. The molecule has 3 saturated carbocycles. The van der Waals surface area contributed by atoms with Crippen LogP contribution in [0.4, 0.5) is 26.3 Å². The van der Waals surface area contributed by atoms with Crippen LogP contribution in [0.1, 0.15) is 25.7 Å². The van der Waals surface area contributed by atoms with Crippen LogP contribution in [0.5, 0.6) is 0 Å². The zero-order valence-electron chi connectivity index (χ0n) is 10.8.